The molecule has 0 bridgehead atoms. The zero-order valence-electron chi connectivity index (χ0n) is 4.68. The SMILES string of the molecule is C#C[C@H](C)C(C)O. The molecule has 0 aromatic carbocycles. The van der Waals surface area contributed by atoms with Crippen LogP contribution in [-0.2, 0) is 0 Å². The average Bonchev–Trinajstić information content (AvgIpc) is 1.65. The Balaban J connectivity index is 3.40. The quantitative estimate of drug-likeness (QED) is 0.477. The Morgan fingerprint density at radius 1 is 1.57 bits per heavy atom. The molecule has 0 rings (SSSR count). The molecule has 0 saturated heterocycles. The van der Waals surface area contributed by atoms with Crippen molar-refractivity contribution in [2.75, 3.05) is 0 Å². The third-order valence-corrected chi connectivity index (χ3v) is 0.986. The van der Waals surface area contributed by atoms with Gasteiger partial charge in [-0.2, -0.15) is 0 Å². The Morgan fingerprint density at radius 3 is 2.00 bits per heavy atom. The lowest BCUT2D eigenvalue weighted by molar-refractivity contribution is 0.161. The van der Waals surface area contributed by atoms with Gasteiger partial charge >= 0.3 is 0 Å². The van der Waals surface area contributed by atoms with E-state index in [1.54, 1.807) is 6.92 Å². The molecule has 0 radical (unpaired) electrons. The lowest BCUT2D eigenvalue weighted by atomic mass is 10.1. The van der Waals surface area contributed by atoms with Crippen LogP contribution in [0.4, 0.5) is 0 Å². The first-order valence-electron chi connectivity index (χ1n) is 2.32. The summed E-state index contributed by atoms with van der Waals surface area (Å²) in [6, 6.07) is 0. The predicted molar refractivity (Wildman–Crippen MR) is 29.7 cm³/mol. The van der Waals surface area contributed by atoms with Crippen LogP contribution in [0, 0.1) is 18.3 Å². The summed E-state index contributed by atoms with van der Waals surface area (Å²) in [6.07, 6.45) is 4.59. The molecule has 1 unspecified atom stereocenters. The van der Waals surface area contributed by atoms with Crippen LogP contribution in [0.1, 0.15) is 13.8 Å². The molecule has 7 heavy (non-hydrogen) atoms. The summed E-state index contributed by atoms with van der Waals surface area (Å²) in [5, 5.41) is 8.68. The summed E-state index contributed by atoms with van der Waals surface area (Å²) in [6.45, 7) is 3.50. The molecule has 1 nitrogen and oxygen atoms in total. The summed E-state index contributed by atoms with van der Waals surface area (Å²) in [5.41, 5.74) is 0. The fraction of sp³-hybridized carbons (Fsp3) is 0.667. The van der Waals surface area contributed by atoms with Crippen LogP contribution in [0.3, 0.4) is 0 Å². The van der Waals surface area contributed by atoms with Gasteiger partial charge in [-0.05, 0) is 13.8 Å². The summed E-state index contributed by atoms with van der Waals surface area (Å²) in [5.74, 6) is 2.40. The Labute approximate surface area is 44.4 Å². The third-order valence-electron chi connectivity index (χ3n) is 0.986. The molecule has 2 atom stereocenters. The molecule has 0 aromatic rings. The van der Waals surface area contributed by atoms with Gasteiger partial charge in [-0.1, -0.05) is 0 Å². The predicted octanol–water partition coefficient (Wildman–Crippen LogP) is 0.637. The van der Waals surface area contributed by atoms with Crippen LogP contribution in [0.2, 0.25) is 0 Å². The van der Waals surface area contributed by atoms with Crippen molar-refractivity contribution in [1.82, 2.24) is 0 Å². The van der Waals surface area contributed by atoms with E-state index in [0.717, 1.165) is 0 Å². The number of aliphatic hydroxyl groups is 1. The highest BCUT2D eigenvalue weighted by Crippen LogP contribution is 1.96. The number of hydrogen-bond donors (Lipinski definition) is 1. The second-order valence-corrected chi connectivity index (χ2v) is 1.70. The van der Waals surface area contributed by atoms with Gasteiger partial charge in [-0.15, -0.1) is 12.3 Å². The molecule has 0 fully saturated rings. The molecule has 1 N–H and O–H groups in total. The molecular formula is C6H10O. The van der Waals surface area contributed by atoms with E-state index >= 15 is 0 Å². The smallest absolute Gasteiger partial charge is 0.0646 e. The van der Waals surface area contributed by atoms with Gasteiger partial charge in [0.25, 0.3) is 0 Å². The van der Waals surface area contributed by atoms with E-state index in [2.05, 4.69) is 5.92 Å². The van der Waals surface area contributed by atoms with Gasteiger partial charge in [-0.25, -0.2) is 0 Å². The first kappa shape index (κ1) is 6.52. The van der Waals surface area contributed by atoms with Crippen LogP contribution >= 0.6 is 0 Å². The molecular weight excluding hydrogens is 88.1 g/mol. The Hall–Kier alpha value is -0.480. The van der Waals surface area contributed by atoms with Crippen LogP contribution in [0.25, 0.3) is 0 Å². The van der Waals surface area contributed by atoms with Gasteiger partial charge in [0, 0.05) is 5.92 Å². The van der Waals surface area contributed by atoms with E-state index in [0.29, 0.717) is 0 Å². The van der Waals surface area contributed by atoms with E-state index in [-0.39, 0.29) is 12.0 Å². The standard InChI is InChI=1S/C6H10O/c1-4-5(2)6(3)7/h1,5-7H,2-3H3/t5-,6?/m0/s1. The highest BCUT2D eigenvalue weighted by atomic mass is 16.3. The van der Waals surface area contributed by atoms with Gasteiger partial charge in [0.2, 0.25) is 0 Å². The maximum absolute atomic E-state index is 8.68. The number of aliphatic hydroxyl groups excluding tert-OH is 1. The van der Waals surface area contributed by atoms with Gasteiger partial charge in [0.15, 0.2) is 0 Å². The molecule has 1 heteroatoms. The van der Waals surface area contributed by atoms with Crippen molar-refractivity contribution in [2.45, 2.75) is 20.0 Å². The van der Waals surface area contributed by atoms with E-state index in [1.807, 2.05) is 6.92 Å². The molecule has 0 aliphatic rings. The van der Waals surface area contributed by atoms with Crippen molar-refractivity contribution in [3.8, 4) is 12.3 Å². The van der Waals surface area contributed by atoms with E-state index in [4.69, 9.17) is 11.5 Å². The summed E-state index contributed by atoms with van der Waals surface area (Å²) in [4.78, 5) is 0. The molecule has 0 amide bonds. The monoisotopic (exact) mass is 98.1 g/mol. The topological polar surface area (TPSA) is 20.2 Å². The van der Waals surface area contributed by atoms with E-state index < -0.39 is 0 Å². The normalized spacial score (nSPS) is 17.4. The van der Waals surface area contributed by atoms with Gasteiger partial charge in [0.05, 0.1) is 6.10 Å². The minimum atomic E-state index is -0.370. The fourth-order valence-electron chi connectivity index (χ4n) is 0.139. The van der Waals surface area contributed by atoms with Gasteiger partial charge in [0.1, 0.15) is 0 Å². The third kappa shape index (κ3) is 2.24. The zero-order chi connectivity index (χ0) is 5.86. The number of terminal acetylenes is 1. The Bertz CT molecular complexity index is 78.7. The second kappa shape index (κ2) is 2.65. The molecule has 0 heterocycles. The second-order valence-electron chi connectivity index (χ2n) is 1.70. The molecule has 40 valence electrons. The highest BCUT2D eigenvalue weighted by molar-refractivity contribution is 4.92. The number of rotatable bonds is 1. The average molecular weight is 98.1 g/mol. The van der Waals surface area contributed by atoms with E-state index in [9.17, 15) is 0 Å². The minimum Gasteiger partial charge on any atom is -0.392 e. The van der Waals surface area contributed by atoms with Crippen molar-refractivity contribution in [3.05, 3.63) is 0 Å². The largest absolute Gasteiger partial charge is 0.392 e. The molecule has 0 saturated carbocycles. The molecule has 0 aliphatic heterocycles. The summed E-state index contributed by atoms with van der Waals surface area (Å²) >= 11 is 0. The lowest BCUT2D eigenvalue weighted by Crippen LogP contribution is -2.09. The Kier molecular flexibility index (Phi) is 2.47. The van der Waals surface area contributed by atoms with Gasteiger partial charge in [-0.3, -0.25) is 0 Å². The summed E-state index contributed by atoms with van der Waals surface area (Å²) < 4.78 is 0. The fourth-order valence-corrected chi connectivity index (χ4v) is 0.139. The number of hydrogen-bond acceptors (Lipinski definition) is 1. The van der Waals surface area contributed by atoms with Crippen LogP contribution < -0.4 is 0 Å². The van der Waals surface area contributed by atoms with Crippen molar-refractivity contribution >= 4 is 0 Å². The van der Waals surface area contributed by atoms with Crippen LogP contribution in [0.15, 0.2) is 0 Å². The molecule has 0 aromatic heterocycles. The first-order valence-corrected chi connectivity index (χ1v) is 2.32. The lowest BCUT2D eigenvalue weighted by Gasteiger charge is -2.04. The zero-order valence-corrected chi connectivity index (χ0v) is 4.68. The minimum absolute atomic E-state index is 0.0139. The van der Waals surface area contributed by atoms with Crippen LogP contribution in [0.5, 0.6) is 0 Å². The maximum Gasteiger partial charge on any atom is 0.0646 e. The maximum atomic E-state index is 8.68. The highest BCUT2D eigenvalue weighted by Gasteiger charge is 2.01. The van der Waals surface area contributed by atoms with Gasteiger partial charge < -0.3 is 5.11 Å². The molecule has 0 spiro atoms. The van der Waals surface area contributed by atoms with Crippen molar-refractivity contribution in [1.29, 1.82) is 0 Å². The van der Waals surface area contributed by atoms with E-state index in [1.165, 1.54) is 0 Å². The van der Waals surface area contributed by atoms with Crippen LogP contribution in [-0.4, -0.2) is 11.2 Å². The van der Waals surface area contributed by atoms with Crippen molar-refractivity contribution in [2.24, 2.45) is 5.92 Å². The van der Waals surface area contributed by atoms with Crippen molar-refractivity contribution < 1.29 is 5.11 Å². The summed E-state index contributed by atoms with van der Waals surface area (Å²) in [7, 11) is 0. The first-order chi connectivity index (χ1) is 3.18. The van der Waals surface area contributed by atoms with Crippen molar-refractivity contribution in [3.63, 3.8) is 0 Å². The molecule has 0 aliphatic carbocycles. The Morgan fingerprint density at radius 2 is 2.00 bits per heavy atom.